The molecule has 0 aromatic rings. The van der Waals surface area contributed by atoms with E-state index >= 15 is 0 Å². The first-order valence-electron chi connectivity index (χ1n) is 5.66. The Bertz CT molecular complexity index is 251. The Labute approximate surface area is 86.0 Å². The first-order valence-corrected chi connectivity index (χ1v) is 5.66. The maximum atomic E-state index is 10.4. The minimum Gasteiger partial charge on any atom is -0.369 e. The molecule has 4 atom stereocenters. The number of rotatable bonds is 3. The molecule has 4 unspecified atom stereocenters. The molecule has 2 rings (SSSR count). The molecule has 0 amide bonds. The number of ether oxygens (including phenoxy) is 1. The van der Waals surface area contributed by atoms with Crippen LogP contribution in [0.15, 0.2) is 0 Å². The van der Waals surface area contributed by atoms with Crippen LogP contribution < -0.4 is 0 Å². The largest absolute Gasteiger partial charge is 0.369 e. The summed E-state index contributed by atoms with van der Waals surface area (Å²) in [5.74, 6) is 1.31. The van der Waals surface area contributed by atoms with Gasteiger partial charge >= 0.3 is 0 Å². The highest BCUT2D eigenvalue weighted by atomic mass is 16.5. The second-order valence-electron chi connectivity index (χ2n) is 5.37. The van der Waals surface area contributed by atoms with Gasteiger partial charge in [-0.2, -0.15) is 0 Å². The van der Waals surface area contributed by atoms with Gasteiger partial charge in [-0.05, 0) is 44.9 Å². The lowest BCUT2D eigenvalue weighted by Gasteiger charge is -2.36. The fourth-order valence-corrected chi connectivity index (χ4v) is 3.51. The minimum absolute atomic E-state index is 0.0344. The average Bonchev–Trinajstić information content (AvgIpc) is 2.50. The summed E-state index contributed by atoms with van der Waals surface area (Å²) >= 11 is 0. The van der Waals surface area contributed by atoms with Gasteiger partial charge in [-0.1, -0.05) is 6.92 Å². The summed E-state index contributed by atoms with van der Waals surface area (Å²) in [5, 5.41) is 0. The van der Waals surface area contributed by atoms with Crippen molar-refractivity contribution >= 4 is 6.29 Å². The predicted octanol–water partition coefficient (Wildman–Crippen LogP) is 2.56. The van der Waals surface area contributed by atoms with E-state index in [9.17, 15) is 4.79 Å². The van der Waals surface area contributed by atoms with Crippen LogP contribution in [0.25, 0.3) is 0 Å². The van der Waals surface area contributed by atoms with Crippen molar-refractivity contribution in [2.45, 2.75) is 57.7 Å². The quantitative estimate of drug-likeness (QED) is 0.648. The molecule has 2 heteroatoms. The third kappa shape index (κ3) is 1.23. The summed E-state index contributed by atoms with van der Waals surface area (Å²) in [5.41, 5.74) is 0.0512. The van der Waals surface area contributed by atoms with Crippen LogP contribution in [0, 0.1) is 11.8 Å². The van der Waals surface area contributed by atoms with Gasteiger partial charge in [0.05, 0.1) is 11.2 Å². The van der Waals surface area contributed by atoms with Crippen molar-refractivity contribution in [2.24, 2.45) is 11.8 Å². The Kier molecular flexibility index (Phi) is 2.22. The minimum atomic E-state index is -0.0344. The van der Waals surface area contributed by atoms with E-state index < -0.39 is 0 Å². The van der Waals surface area contributed by atoms with Crippen LogP contribution in [0.4, 0.5) is 0 Å². The van der Waals surface area contributed by atoms with Crippen LogP contribution in [0.2, 0.25) is 0 Å². The van der Waals surface area contributed by atoms with E-state index in [1.54, 1.807) is 0 Å². The van der Waals surface area contributed by atoms with E-state index in [1.807, 2.05) is 0 Å². The van der Waals surface area contributed by atoms with E-state index in [4.69, 9.17) is 4.74 Å². The molecule has 14 heavy (non-hydrogen) atoms. The molecule has 0 aromatic heterocycles. The van der Waals surface area contributed by atoms with Gasteiger partial charge in [0.1, 0.15) is 6.29 Å². The monoisotopic (exact) mass is 196 g/mol. The molecule has 1 aliphatic heterocycles. The van der Waals surface area contributed by atoms with Gasteiger partial charge in [-0.15, -0.1) is 0 Å². The number of fused-ring (bicyclic) bond motifs is 2. The van der Waals surface area contributed by atoms with Crippen molar-refractivity contribution < 1.29 is 9.53 Å². The molecule has 2 aliphatic rings. The second kappa shape index (κ2) is 3.06. The zero-order valence-corrected chi connectivity index (χ0v) is 9.38. The van der Waals surface area contributed by atoms with Crippen LogP contribution in [0.1, 0.15) is 46.5 Å². The molecule has 0 N–H and O–H groups in total. The predicted molar refractivity (Wildman–Crippen MR) is 55.1 cm³/mol. The maximum absolute atomic E-state index is 10.4. The van der Waals surface area contributed by atoms with Gasteiger partial charge in [0.25, 0.3) is 0 Å². The summed E-state index contributed by atoms with van der Waals surface area (Å²) in [6.07, 6.45) is 4.99. The highest BCUT2D eigenvalue weighted by Gasteiger charge is 2.59. The van der Waals surface area contributed by atoms with Crippen LogP contribution in [-0.4, -0.2) is 17.5 Å². The number of hydrogen-bond acceptors (Lipinski definition) is 2. The molecule has 2 nitrogen and oxygen atoms in total. The van der Waals surface area contributed by atoms with Crippen LogP contribution in [0.5, 0.6) is 0 Å². The molecule has 1 heterocycles. The van der Waals surface area contributed by atoms with Crippen molar-refractivity contribution in [3.63, 3.8) is 0 Å². The Morgan fingerprint density at radius 3 is 2.64 bits per heavy atom. The molecule has 0 spiro atoms. The molecular formula is C12H20O2. The molecular weight excluding hydrogens is 176 g/mol. The summed E-state index contributed by atoms with van der Waals surface area (Å²) < 4.78 is 6.19. The van der Waals surface area contributed by atoms with E-state index in [0.29, 0.717) is 18.3 Å². The van der Waals surface area contributed by atoms with Crippen LogP contribution in [-0.2, 0) is 9.53 Å². The average molecular weight is 196 g/mol. The molecule has 80 valence electrons. The Morgan fingerprint density at radius 2 is 2.21 bits per heavy atom. The fraction of sp³-hybridized carbons (Fsp3) is 0.917. The topological polar surface area (TPSA) is 26.3 Å². The first kappa shape index (κ1) is 10.2. The van der Waals surface area contributed by atoms with Crippen molar-refractivity contribution in [3.05, 3.63) is 0 Å². The smallest absolute Gasteiger partial charge is 0.120 e. The lowest BCUT2D eigenvalue weighted by molar-refractivity contribution is -0.132. The van der Waals surface area contributed by atoms with Crippen LogP contribution >= 0.6 is 0 Å². The SMILES string of the molecule is CC1C2CCC1(C)OC2(C)CCC=O. The summed E-state index contributed by atoms with van der Waals surface area (Å²) in [7, 11) is 0. The van der Waals surface area contributed by atoms with E-state index in [0.717, 1.165) is 12.7 Å². The van der Waals surface area contributed by atoms with E-state index in [2.05, 4.69) is 20.8 Å². The van der Waals surface area contributed by atoms with E-state index in [1.165, 1.54) is 12.8 Å². The van der Waals surface area contributed by atoms with E-state index in [-0.39, 0.29) is 11.2 Å². The zero-order chi connectivity index (χ0) is 10.4. The number of hydrogen-bond donors (Lipinski definition) is 0. The summed E-state index contributed by atoms with van der Waals surface area (Å²) in [4.78, 5) is 10.4. The highest BCUT2D eigenvalue weighted by Crippen LogP contribution is 2.58. The van der Waals surface area contributed by atoms with Gasteiger partial charge in [-0.25, -0.2) is 0 Å². The summed E-state index contributed by atoms with van der Waals surface area (Å²) in [6.45, 7) is 6.70. The van der Waals surface area contributed by atoms with Gasteiger partial charge in [0.2, 0.25) is 0 Å². The molecule has 2 bridgehead atoms. The molecule has 0 aromatic carbocycles. The lowest BCUT2D eigenvalue weighted by Crippen LogP contribution is -2.38. The Hall–Kier alpha value is -0.370. The first-order chi connectivity index (χ1) is 6.52. The highest BCUT2D eigenvalue weighted by molar-refractivity contribution is 5.49. The number of aldehydes is 1. The van der Waals surface area contributed by atoms with Gasteiger partial charge in [0.15, 0.2) is 0 Å². The fourth-order valence-electron chi connectivity index (χ4n) is 3.51. The third-order valence-corrected chi connectivity index (χ3v) is 4.53. The van der Waals surface area contributed by atoms with Crippen molar-refractivity contribution in [1.29, 1.82) is 0 Å². The second-order valence-corrected chi connectivity index (χ2v) is 5.37. The normalized spacial score (nSPS) is 51.1. The van der Waals surface area contributed by atoms with Gasteiger partial charge < -0.3 is 9.53 Å². The summed E-state index contributed by atoms with van der Waals surface area (Å²) in [6, 6.07) is 0. The lowest BCUT2D eigenvalue weighted by atomic mass is 9.80. The molecule has 0 radical (unpaired) electrons. The standard InChI is InChI=1S/C12H20O2/c1-9-10-5-7-11(9,2)14-12(10,3)6-4-8-13/h8-10H,4-7H2,1-3H3. The molecule has 1 saturated carbocycles. The van der Waals surface area contributed by atoms with Crippen molar-refractivity contribution in [2.75, 3.05) is 0 Å². The third-order valence-electron chi connectivity index (χ3n) is 4.53. The van der Waals surface area contributed by atoms with Crippen molar-refractivity contribution in [1.82, 2.24) is 0 Å². The number of carbonyl (C=O) groups excluding carboxylic acids is 1. The Balaban J connectivity index is 2.14. The zero-order valence-electron chi connectivity index (χ0n) is 9.38. The van der Waals surface area contributed by atoms with Gasteiger partial charge in [0, 0.05) is 6.42 Å². The Morgan fingerprint density at radius 1 is 1.50 bits per heavy atom. The van der Waals surface area contributed by atoms with Crippen molar-refractivity contribution in [3.8, 4) is 0 Å². The molecule has 1 saturated heterocycles. The van der Waals surface area contributed by atoms with Crippen LogP contribution in [0.3, 0.4) is 0 Å². The molecule has 2 fully saturated rings. The molecule has 1 aliphatic carbocycles. The van der Waals surface area contributed by atoms with Gasteiger partial charge in [-0.3, -0.25) is 0 Å². The maximum Gasteiger partial charge on any atom is 0.120 e. The number of carbonyl (C=O) groups is 1.